The van der Waals surface area contributed by atoms with E-state index in [4.69, 9.17) is 5.73 Å². The van der Waals surface area contributed by atoms with Gasteiger partial charge < -0.3 is 5.73 Å². The van der Waals surface area contributed by atoms with Crippen LogP contribution in [0.4, 0.5) is 0 Å². The first kappa shape index (κ1) is 13.2. The minimum Gasteiger partial charge on any atom is -0.392 e. The number of carbonyl (C=O) groups is 1. The van der Waals surface area contributed by atoms with E-state index in [-0.39, 0.29) is 10.6 Å². The molecule has 2 N–H and O–H groups in total. The van der Waals surface area contributed by atoms with Gasteiger partial charge in [-0.1, -0.05) is 6.07 Å². The SMILES string of the molecule is N#CC1=C(N)SC(=O)C(C#N)(C#N)C1c1cccs1. The van der Waals surface area contributed by atoms with Gasteiger partial charge in [-0.3, -0.25) is 4.79 Å². The molecule has 1 atom stereocenters. The van der Waals surface area contributed by atoms with Crippen molar-refractivity contribution in [3.8, 4) is 18.2 Å². The summed E-state index contributed by atoms with van der Waals surface area (Å²) in [4.78, 5) is 12.7. The van der Waals surface area contributed by atoms with E-state index in [1.165, 1.54) is 11.3 Å². The van der Waals surface area contributed by atoms with Crippen LogP contribution in [0.25, 0.3) is 0 Å². The summed E-state index contributed by atoms with van der Waals surface area (Å²) in [5.41, 5.74) is 3.90. The summed E-state index contributed by atoms with van der Waals surface area (Å²) in [6, 6.07) is 8.89. The largest absolute Gasteiger partial charge is 0.392 e. The summed E-state index contributed by atoms with van der Waals surface area (Å²) < 4.78 is 0. The fourth-order valence-electron chi connectivity index (χ4n) is 1.89. The lowest BCUT2D eigenvalue weighted by Gasteiger charge is -2.30. The lowest BCUT2D eigenvalue weighted by molar-refractivity contribution is -0.115. The van der Waals surface area contributed by atoms with Crippen LogP contribution in [0, 0.1) is 39.4 Å². The topological polar surface area (TPSA) is 114 Å². The molecule has 7 heteroatoms. The number of nitrogens with two attached hydrogens (primary N) is 1. The first-order valence-electron chi connectivity index (χ1n) is 5.08. The quantitative estimate of drug-likeness (QED) is 0.842. The van der Waals surface area contributed by atoms with Crippen molar-refractivity contribution >= 4 is 28.2 Å². The van der Waals surface area contributed by atoms with Gasteiger partial charge in [0, 0.05) is 4.88 Å². The standard InChI is InChI=1S/C12H6N4OS2/c13-4-7-9(8-2-1-3-18-8)12(5-14,6-15)11(17)19-10(7)16/h1-3,9H,16H2. The van der Waals surface area contributed by atoms with Gasteiger partial charge in [0.1, 0.15) is 0 Å². The van der Waals surface area contributed by atoms with Crippen LogP contribution in [0.5, 0.6) is 0 Å². The van der Waals surface area contributed by atoms with Crippen LogP contribution in [0.1, 0.15) is 10.8 Å². The highest BCUT2D eigenvalue weighted by Gasteiger charge is 2.54. The maximum atomic E-state index is 12.1. The van der Waals surface area contributed by atoms with E-state index in [2.05, 4.69) is 0 Å². The van der Waals surface area contributed by atoms with E-state index in [1.54, 1.807) is 29.7 Å². The van der Waals surface area contributed by atoms with Gasteiger partial charge in [-0.05, 0) is 23.2 Å². The third-order valence-corrected chi connectivity index (χ3v) is 4.70. The summed E-state index contributed by atoms with van der Waals surface area (Å²) >= 11 is 1.87. The van der Waals surface area contributed by atoms with E-state index in [9.17, 15) is 20.6 Å². The molecule has 0 saturated carbocycles. The molecule has 1 aromatic rings. The fourth-order valence-corrected chi connectivity index (χ4v) is 3.63. The van der Waals surface area contributed by atoms with E-state index in [0.717, 1.165) is 0 Å². The molecule has 0 aliphatic carbocycles. The van der Waals surface area contributed by atoms with Crippen molar-refractivity contribution in [1.29, 1.82) is 15.8 Å². The molecule has 2 rings (SSSR count). The van der Waals surface area contributed by atoms with Gasteiger partial charge >= 0.3 is 0 Å². The summed E-state index contributed by atoms with van der Waals surface area (Å²) in [5, 5.41) is 29.0. The molecule has 5 nitrogen and oxygen atoms in total. The second-order valence-corrected chi connectivity index (χ2v) is 5.75. The lowest BCUT2D eigenvalue weighted by Crippen LogP contribution is -2.38. The Bertz CT molecular complexity index is 671. The van der Waals surface area contributed by atoms with Crippen molar-refractivity contribution in [2.45, 2.75) is 5.92 Å². The van der Waals surface area contributed by atoms with Gasteiger partial charge in [0.2, 0.25) is 10.5 Å². The van der Waals surface area contributed by atoms with Crippen LogP contribution in [0.15, 0.2) is 28.1 Å². The average molecular weight is 286 g/mol. The Balaban J connectivity index is 2.76. The number of carbonyl (C=O) groups excluding carboxylic acids is 1. The normalized spacial score (nSPS) is 21.3. The maximum Gasteiger partial charge on any atom is 0.230 e. The number of hydrogen-bond donors (Lipinski definition) is 1. The van der Waals surface area contributed by atoms with Crippen LogP contribution in [0.3, 0.4) is 0 Å². The number of rotatable bonds is 1. The highest BCUT2D eigenvalue weighted by atomic mass is 32.2. The zero-order valence-electron chi connectivity index (χ0n) is 9.45. The summed E-state index contributed by atoms with van der Waals surface area (Å²) in [6.45, 7) is 0. The van der Waals surface area contributed by atoms with E-state index >= 15 is 0 Å². The van der Waals surface area contributed by atoms with Crippen molar-refractivity contribution in [1.82, 2.24) is 0 Å². The van der Waals surface area contributed by atoms with Crippen molar-refractivity contribution in [3.05, 3.63) is 33.0 Å². The summed E-state index contributed by atoms with van der Waals surface area (Å²) in [6.07, 6.45) is 0. The van der Waals surface area contributed by atoms with Gasteiger partial charge in [-0.25, -0.2) is 0 Å². The second-order valence-electron chi connectivity index (χ2n) is 3.76. The number of hydrogen-bond acceptors (Lipinski definition) is 7. The minimum absolute atomic E-state index is 0.0621. The van der Waals surface area contributed by atoms with Crippen molar-refractivity contribution in [2.75, 3.05) is 0 Å². The smallest absolute Gasteiger partial charge is 0.230 e. The van der Waals surface area contributed by atoms with Crippen LogP contribution >= 0.6 is 23.1 Å². The molecule has 0 bridgehead atoms. The molecule has 0 fully saturated rings. The predicted molar refractivity (Wildman–Crippen MR) is 70.1 cm³/mol. The molecule has 0 amide bonds. The third kappa shape index (κ3) is 1.79. The van der Waals surface area contributed by atoms with Crippen molar-refractivity contribution in [2.24, 2.45) is 11.1 Å². The Labute approximate surface area is 117 Å². The Hall–Kier alpha value is -2.27. The predicted octanol–water partition coefficient (Wildman–Crippen LogP) is 1.83. The highest BCUT2D eigenvalue weighted by molar-refractivity contribution is 8.17. The summed E-state index contributed by atoms with van der Waals surface area (Å²) in [5.74, 6) is -0.916. The molecular formula is C12H6N4OS2. The van der Waals surface area contributed by atoms with E-state index in [1.807, 2.05) is 6.07 Å². The van der Waals surface area contributed by atoms with Crippen molar-refractivity contribution in [3.63, 3.8) is 0 Å². The fraction of sp³-hybridized carbons (Fsp3) is 0.167. The zero-order valence-corrected chi connectivity index (χ0v) is 11.1. The number of allylic oxidation sites excluding steroid dienone is 1. The van der Waals surface area contributed by atoms with Crippen LogP contribution in [0.2, 0.25) is 0 Å². The van der Waals surface area contributed by atoms with Crippen molar-refractivity contribution < 1.29 is 4.79 Å². The molecule has 0 radical (unpaired) electrons. The third-order valence-electron chi connectivity index (χ3n) is 2.81. The molecule has 1 aromatic heterocycles. The monoisotopic (exact) mass is 286 g/mol. The van der Waals surface area contributed by atoms with Crippen LogP contribution in [-0.2, 0) is 4.79 Å². The van der Waals surface area contributed by atoms with Gasteiger partial charge in [0.25, 0.3) is 0 Å². The first-order chi connectivity index (χ1) is 9.10. The minimum atomic E-state index is -1.90. The molecule has 19 heavy (non-hydrogen) atoms. The number of thiophene rings is 1. The molecule has 0 aromatic carbocycles. The molecule has 2 heterocycles. The molecule has 0 spiro atoms. The number of thioether (sulfide) groups is 1. The number of nitriles is 3. The summed E-state index contributed by atoms with van der Waals surface area (Å²) in [7, 11) is 0. The Morgan fingerprint density at radius 2 is 2.00 bits per heavy atom. The Morgan fingerprint density at radius 3 is 2.47 bits per heavy atom. The van der Waals surface area contributed by atoms with Gasteiger partial charge in [0.05, 0.1) is 34.7 Å². The molecule has 0 saturated heterocycles. The zero-order chi connectivity index (χ0) is 14.0. The average Bonchev–Trinajstić information content (AvgIpc) is 2.92. The molecular weight excluding hydrogens is 280 g/mol. The molecule has 1 aliphatic rings. The lowest BCUT2D eigenvalue weighted by atomic mass is 9.73. The van der Waals surface area contributed by atoms with E-state index in [0.29, 0.717) is 16.6 Å². The number of nitrogens with zero attached hydrogens (tertiary/aromatic N) is 3. The molecule has 92 valence electrons. The van der Waals surface area contributed by atoms with Gasteiger partial charge in [-0.15, -0.1) is 11.3 Å². The molecule has 1 unspecified atom stereocenters. The maximum absolute atomic E-state index is 12.1. The highest BCUT2D eigenvalue weighted by Crippen LogP contribution is 2.50. The second kappa shape index (κ2) is 4.78. The van der Waals surface area contributed by atoms with E-state index < -0.39 is 16.4 Å². The Kier molecular flexibility index (Phi) is 3.31. The molecule has 1 aliphatic heterocycles. The van der Waals surface area contributed by atoms with Crippen LogP contribution in [-0.4, -0.2) is 5.12 Å². The van der Waals surface area contributed by atoms with Gasteiger partial charge in [0.15, 0.2) is 0 Å². The first-order valence-corrected chi connectivity index (χ1v) is 6.78. The Morgan fingerprint density at radius 1 is 1.32 bits per heavy atom. The van der Waals surface area contributed by atoms with Crippen LogP contribution < -0.4 is 5.73 Å². The van der Waals surface area contributed by atoms with Gasteiger partial charge in [-0.2, -0.15) is 15.8 Å².